The van der Waals surface area contributed by atoms with Gasteiger partial charge < -0.3 is 10.5 Å². The standard InChI is InChI=1S/C13H18ClFN2O/c1-9-8-17(5-6-18-9)12(7-16)13-10(14)3-2-4-11(13)15/h2-4,9,12H,5-8,16H2,1H3/t9-,12+/m0/s1. The van der Waals surface area contributed by atoms with Crippen molar-refractivity contribution in [1.82, 2.24) is 4.90 Å². The summed E-state index contributed by atoms with van der Waals surface area (Å²) >= 11 is 6.11. The molecule has 1 aliphatic rings. The van der Waals surface area contributed by atoms with Crippen LogP contribution >= 0.6 is 11.6 Å². The van der Waals surface area contributed by atoms with E-state index in [0.29, 0.717) is 23.7 Å². The second-order valence-electron chi connectivity index (χ2n) is 4.56. The van der Waals surface area contributed by atoms with Crippen LogP contribution in [0.15, 0.2) is 18.2 Å². The topological polar surface area (TPSA) is 38.5 Å². The molecule has 2 rings (SSSR count). The summed E-state index contributed by atoms with van der Waals surface area (Å²) in [6.07, 6.45) is 0.137. The van der Waals surface area contributed by atoms with E-state index in [1.807, 2.05) is 6.92 Å². The van der Waals surface area contributed by atoms with Crippen LogP contribution in [0.2, 0.25) is 5.02 Å². The maximum absolute atomic E-state index is 13.9. The minimum Gasteiger partial charge on any atom is -0.376 e. The number of hydrogen-bond donors (Lipinski definition) is 1. The van der Waals surface area contributed by atoms with Gasteiger partial charge in [-0.25, -0.2) is 4.39 Å². The van der Waals surface area contributed by atoms with Crippen LogP contribution in [-0.4, -0.2) is 37.2 Å². The largest absolute Gasteiger partial charge is 0.376 e. The molecule has 2 atom stereocenters. The third-order valence-corrected chi connectivity index (χ3v) is 3.60. The van der Waals surface area contributed by atoms with Crippen LogP contribution < -0.4 is 5.73 Å². The van der Waals surface area contributed by atoms with E-state index < -0.39 is 0 Å². The van der Waals surface area contributed by atoms with E-state index in [2.05, 4.69) is 4.90 Å². The van der Waals surface area contributed by atoms with Gasteiger partial charge in [-0.1, -0.05) is 17.7 Å². The second kappa shape index (κ2) is 5.97. The van der Waals surface area contributed by atoms with Gasteiger partial charge in [-0.05, 0) is 19.1 Å². The molecular formula is C13H18ClFN2O. The molecule has 1 aliphatic heterocycles. The average molecular weight is 273 g/mol. The van der Waals surface area contributed by atoms with Crippen LogP contribution in [0.25, 0.3) is 0 Å². The summed E-state index contributed by atoms with van der Waals surface area (Å²) in [5.41, 5.74) is 6.31. The highest BCUT2D eigenvalue weighted by Crippen LogP contribution is 2.30. The predicted octanol–water partition coefficient (Wildman–Crippen LogP) is 2.20. The van der Waals surface area contributed by atoms with E-state index in [9.17, 15) is 4.39 Å². The SMILES string of the molecule is C[C@H]1CN([C@H](CN)c2c(F)cccc2Cl)CCO1. The van der Waals surface area contributed by atoms with Gasteiger partial charge in [0.15, 0.2) is 0 Å². The molecule has 1 heterocycles. The van der Waals surface area contributed by atoms with Crippen molar-refractivity contribution in [3.05, 3.63) is 34.6 Å². The van der Waals surface area contributed by atoms with E-state index in [1.54, 1.807) is 12.1 Å². The molecule has 0 aliphatic carbocycles. The Morgan fingerprint density at radius 2 is 2.39 bits per heavy atom. The number of nitrogens with zero attached hydrogens (tertiary/aromatic N) is 1. The zero-order valence-electron chi connectivity index (χ0n) is 10.4. The summed E-state index contributed by atoms with van der Waals surface area (Å²) in [5.74, 6) is -0.294. The number of morpholine rings is 1. The van der Waals surface area contributed by atoms with Crippen molar-refractivity contribution in [2.24, 2.45) is 5.73 Å². The van der Waals surface area contributed by atoms with Crippen molar-refractivity contribution < 1.29 is 9.13 Å². The number of rotatable bonds is 3. The van der Waals surface area contributed by atoms with Gasteiger partial charge in [0.25, 0.3) is 0 Å². The summed E-state index contributed by atoms with van der Waals surface area (Å²) < 4.78 is 19.4. The molecule has 1 aromatic rings. The summed E-state index contributed by atoms with van der Waals surface area (Å²) in [4.78, 5) is 2.14. The third kappa shape index (κ3) is 2.83. The lowest BCUT2D eigenvalue weighted by Crippen LogP contribution is -2.45. The number of benzene rings is 1. The first-order valence-corrected chi connectivity index (χ1v) is 6.51. The van der Waals surface area contributed by atoms with Gasteiger partial charge in [-0.2, -0.15) is 0 Å². The van der Waals surface area contributed by atoms with E-state index >= 15 is 0 Å². The Morgan fingerprint density at radius 3 is 3.00 bits per heavy atom. The zero-order chi connectivity index (χ0) is 13.1. The van der Waals surface area contributed by atoms with E-state index in [0.717, 1.165) is 13.1 Å². The molecule has 0 saturated carbocycles. The lowest BCUT2D eigenvalue weighted by atomic mass is 10.0. The van der Waals surface area contributed by atoms with Gasteiger partial charge >= 0.3 is 0 Å². The van der Waals surface area contributed by atoms with Crippen LogP contribution in [0.4, 0.5) is 4.39 Å². The maximum atomic E-state index is 13.9. The molecule has 0 unspecified atom stereocenters. The Kier molecular flexibility index (Phi) is 4.56. The lowest BCUT2D eigenvalue weighted by molar-refractivity contribution is -0.0337. The van der Waals surface area contributed by atoms with Gasteiger partial charge in [-0.15, -0.1) is 0 Å². The maximum Gasteiger partial charge on any atom is 0.129 e. The van der Waals surface area contributed by atoms with Gasteiger partial charge in [0.2, 0.25) is 0 Å². The van der Waals surface area contributed by atoms with Crippen LogP contribution in [-0.2, 0) is 4.74 Å². The number of halogens is 2. The normalized spacial score (nSPS) is 23.0. The molecule has 0 amide bonds. The fourth-order valence-electron chi connectivity index (χ4n) is 2.41. The molecule has 1 fully saturated rings. The van der Waals surface area contributed by atoms with Crippen LogP contribution in [0.5, 0.6) is 0 Å². The molecule has 0 spiro atoms. The molecule has 0 radical (unpaired) electrons. The minimum atomic E-state index is -0.294. The summed E-state index contributed by atoms with van der Waals surface area (Å²) in [6.45, 7) is 4.48. The van der Waals surface area contributed by atoms with Gasteiger partial charge in [-0.3, -0.25) is 4.90 Å². The number of hydrogen-bond acceptors (Lipinski definition) is 3. The molecule has 3 nitrogen and oxygen atoms in total. The minimum absolute atomic E-state index is 0.137. The molecule has 100 valence electrons. The Labute approximate surface area is 112 Å². The summed E-state index contributed by atoms with van der Waals surface area (Å²) in [6, 6.07) is 4.54. The first-order chi connectivity index (χ1) is 8.63. The van der Waals surface area contributed by atoms with E-state index in [-0.39, 0.29) is 18.0 Å². The van der Waals surface area contributed by atoms with E-state index in [4.69, 9.17) is 22.1 Å². The smallest absolute Gasteiger partial charge is 0.129 e. The van der Waals surface area contributed by atoms with Crippen molar-refractivity contribution in [3.8, 4) is 0 Å². The van der Waals surface area contributed by atoms with Crippen molar-refractivity contribution in [1.29, 1.82) is 0 Å². The molecule has 18 heavy (non-hydrogen) atoms. The number of ether oxygens (including phenoxy) is 1. The van der Waals surface area contributed by atoms with Gasteiger partial charge in [0.1, 0.15) is 5.82 Å². The Bertz CT molecular complexity index is 396. The molecule has 1 saturated heterocycles. The van der Waals surface area contributed by atoms with Crippen LogP contribution in [0.3, 0.4) is 0 Å². The van der Waals surface area contributed by atoms with Crippen molar-refractivity contribution in [2.45, 2.75) is 19.1 Å². The monoisotopic (exact) mass is 272 g/mol. The summed E-state index contributed by atoms with van der Waals surface area (Å²) in [7, 11) is 0. The molecular weight excluding hydrogens is 255 g/mol. The van der Waals surface area contributed by atoms with Gasteiger partial charge in [0, 0.05) is 30.2 Å². The zero-order valence-corrected chi connectivity index (χ0v) is 11.2. The molecule has 5 heteroatoms. The highest BCUT2D eigenvalue weighted by molar-refractivity contribution is 6.31. The van der Waals surface area contributed by atoms with Crippen LogP contribution in [0, 0.1) is 5.82 Å². The third-order valence-electron chi connectivity index (χ3n) is 3.27. The van der Waals surface area contributed by atoms with Crippen molar-refractivity contribution >= 4 is 11.6 Å². The molecule has 0 aromatic heterocycles. The first kappa shape index (κ1) is 13.7. The van der Waals surface area contributed by atoms with Crippen LogP contribution in [0.1, 0.15) is 18.5 Å². The first-order valence-electron chi connectivity index (χ1n) is 6.13. The van der Waals surface area contributed by atoms with Gasteiger partial charge in [0.05, 0.1) is 18.8 Å². The fraction of sp³-hybridized carbons (Fsp3) is 0.538. The molecule has 0 bridgehead atoms. The Hall–Kier alpha value is -0.680. The Morgan fingerprint density at radius 1 is 1.61 bits per heavy atom. The predicted molar refractivity (Wildman–Crippen MR) is 70.2 cm³/mol. The quantitative estimate of drug-likeness (QED) is 0.917. The highest BCUT2D eigenvalue weighted by Gasteiger charge is 2.27. The van der Waals surface area contributed by atoms with Crippen molar-refractivity contribution in [2.75, 3.05) is 26.2 Å². The average Bonchev–Trinajstić information content (AvgIpc) is 2.34. The molecule has 2 N–H and O–H groups in total. The number of nitrogens with two attached hydrogens (primary N) is 1. The summed E-state index contributed by atoms with van der Waals surface area (Å²) in [5, 5.41) is 0.435. The van der Waals surface area contributed by atoms with E-state index in [1.165, 1.54) is 6.07 Å². The highest BCUT2D eigenvalue weighted by atomic mass is 35.5. The van der Waals surface area contributed by atoms with Crippen molar-refractivity contribution in [3.63, 3.8) is 0 Å². The Balaban J connectivity index is 2.27. The fourth-order valence-corrected chi connectivity index (χ4v) is 2.70. The second-order valence-corrected chi connectivity index (χ2v) is 4.97. The lowest BCUT2D eigenvalue weighted by Gasteiger charge is -2.37. The molecule has 1 aromatic carbocycles.